The summed E-state index contributed by atoms with van der Waals surface area (Å²) < 4.78 is 27.7. The lowest BCUT2D eigenvalue weighted by molar-refractivity contribution is -0.106. The predicted molar refractivity (Wildman–Crippen MR) is 56.1 cm³/mol. The van der Waals surface area contributed by atoms with Crippen molar-refractivity contribution in [1.82, 2.24) is 5.32 Å². The minimum absolute atomic E-state index is 0.0687. The summed E-state index contributed by atoms with van der Waals surface area (Å²) in [4.78, 5) is 10.7. The number of carbonyl (C=O) groups excluding carboxylic acids is 1. The monoisotopic (exact) mass is 251 g/mol. The van der Waals surface area contributed by atoms with Crippen molar-refractivity contribution in [2.24, 2.45) is 9.50 Å². The molecule has 0 radical (unpaired) electrons. The van der Waals surface area contributed by atoms with Gasteiger partial charge in [0, 0.05) is 11.4 Å². The molecule has 84 valence electrons. The Labute approximate surface area is 90.8 Å². The molecule has 1 atom stereocenters. The van der Waals surface area contributed by atoms with E-state index in [4.69, 9.17) is 5.14 Å². The second kappa shape index (κ2) is 4.79. The SMILES string of the molecule is CNCc1cc(F)c(S(N)(=O)=NC=O)s1. The van der Waals surface area contributed by atoms with Gasteiger partial charge < -0.3 is 5.32 Å². The average Bonchev–Trinajstić information content (AvgIpc) is 2.48. The van der Waals surface area contributed by atoms with E-state index in [1.165, 1.54) is 6.07 Å². The molecule has 1 rings (SSSR count). The molecule has 0 saturated carbocycles. The van der Waals surface area contributed by atoms with Crippen molar-refractivity contribution in [3.63, 3.8) is 0 Å². The minimum atomic E-state index is -3.42. The molecule has 0 aliphatic rings. The van der Waals surface area contributed by atoms with Crippen LogP contribution in [0.25, 0.3) is 0 Å². The van der Waals surface area contributed by atoms with Gasteiger partial charge >= 0.3 is 0 Å². The highest BCUT2D eigenvalue weighted by Gasteiger charge is 2.17. The molecule has 0 aliphatic carbocycles. The molecule has 15 heavy (non-hydrogen) atoms. The number of hydrogen-bond acceptors (Lipinski definition) is 4. The first-order valence-electron chi connectivity index (χ1n) is 3.91. The fourth-order valence-electron chi connectivity index (χ4n) is 0.970. The Morgan fingerprint density at radius 3 is 3.00 bits per heavy atom. The maximum Gasteiger partial charge on any atom is 0.242 e. The van der Waals surface area contributed by atoms with E-state index in [0.29, 0.717) is 11.4 Å². The molecule has 0 bridgehead atoms. The summed E-state index contributed by atoms with van der Waals surface area (Å²) in [6.45, 7) is 0.443. The average molecular weight is 251 g/mol. The number of nitrogens with one attached hydrogen (secondary N) is 1. The van der Waals surface area contributed by atoms with Gasteiger partial charge in [-0.25, -0.2) is 13.7 Å². The number of thiophene rings is 1. The maximum atomic E-state index is 13.3. The number of halogens is 1. The van der Waals surface area contributed by atoms with Crippen LogP contribution in [0.4, 0.5) is 4.39 Å². The number of rotatable bonds is 4. The molecule has 1 heterocycles. The molecule has 1 unspecified atom stereocenters. The zero-order chi connectivity index (χ0) is 11.5. The van der Waals surface area contributed by atoms with E-state index >= 15 is 0 Å². The third-order valence-electron chi connectivity index (χ3n) is 1.52. The van der Waals surface area contributed by atoms with Crippen molar-refractivity contribution in [3.8, 4) is 0 Å². The lowest BCUT2D eigenvalue weighted by atomic mass is 10.4. The Balaban J connectivity index is 3.21. The van der Waals surface area contributed by atoms with Crippen LogP contribution in [0, 0.1) is 5.82 Å². The van der Waals surface area contributed by atoms with Crippen molar-refractivity contribution in [2.75, 3.05) is 7.05 Å². The Kier molecular flexibility index (Phi) is 3.91. The van der Waals surface area contributed by atoms with Crippen LogP contribution in [0.3, 0.4) is 0 Å². The fraction of sp³-hybridized carbons (Fsp3) is 0.286. The number of carbonyl (C=O) groups is 1. The summed E-state index contributed by atoms with van der Waals surface area (Å²) in [7, 11) is -1.71. The quantitative estimate of drug-likeness (QED) is 0.763. The van der Waals surface area contributed by atoms with E-state index in [0.717, 1.165) is 11.3 Å². The number of nitrogens with zero attached hydrogens (tertiary/aromatic N) is 1. The van der Waals surface area contributed by atoms with E-state index in [1.807, 2.05) is 0 Å². The molecule has 0 saturated heterocycles. The van der Waals surface area contributed by atoms with E-state index in [2.05, 4.69) is 9.68 Å². The third-order valence-corrected chi connectivity index (χ3v) is 4.52. The van der Waals surface area contributed by atoms with Crippen LogP contribution in [0.2, 0.25) is 0 Å². The largest absolute Gasteiger partial charge is 0.315 e. The smallest absolute Gasteiger partial charge is 0.242 e. The Morgan fingerprint density at radius 1 is 1.80 bits per heavy atom. The van der Waals surface area contributed by atoms with Gasteiger partial charge in [0.2, 0.25) is 6.41 Å². The summed E-state index contributed by atoms with van der Waals surface area (Å²) in [5.41, 5.74) is 0. The molecule has 0 aromatic carbocycles. The molecule has 0 aliphatic heterocycles. The molecule has 3 N–H and O–H groups in total. The highest BCUT2D eigenvalue weighted by Crippen LogP contribution is 2.25. The Morgan fingerprint density at radius 2 is 2.47 bits per heavy atom. The van der Waals surface area contributed by atoms with Crippen LogP contribution in [0.15, 0.2) is 14.6 Å². The molecule has 0 spiro atoms. The molecular formula is C7H10FN3O2S2. The van der Waals surface area contributed by atoms with Gasteiger partial charge in [-0.05, 0) is 13.1 Å². The molecule has 0 fully saturated rings. The van der Waals surface area contributed by atoms with Crippen LogP contribution < -0.4 is 10.5 Å². The van der Waals surface area contributed by atoms with Crippen molar-refractivity contribution in [1.29, 1.82) is 0 Å². The summed E-state index contributed by atoms with van der Waals surface area (Å²) in [6.07, 6.45) is 0.0687. The van der Waals surface area contributed by atoms with Crippen LogP contribution in [0.1, 0.15) is 4.88 Å². The van der Waals surface area contributed by atoms with Crippen molar-refractivity contribution in [2.45, 2.75) is 10.8 Å². The van der Waals surface area contributed by atoms with E-state index in [-0.39, 0.29) is 10.6 Å². The van der Waals surface area contributed by atoms with Gasteiger partial charge in [0.15, 0.2) is 19.9 Å². The van der Waals surface area contributed by atoms with Crippen LogP contribution >= 0.6 is 11.3 Å². The molecule has 1 aromatic heterocycles. The molecule has 8 heteroatoms. The summed E-state index contributed by atoms with van der Waals surface area (Å²) in [6, 6.07) is 1.23. The highest BCUT2D eigenvalue weighted by atomic mass is 32.2. The van der Waals surface area contributed by atoms with Gasteiger partial charge in [-0.3, -0.25) is 4.79 Å². The van der Waals surface area contributed by atoms with Crippen molar-refractivity contribution >= 4 is 27.7 Å². The minimum Gasteiger partial charge on any atom is -0.315 e. The van der Waals surface area contributed by atoms with Gasteiger partial charge in [0.05, 0.1) is 0 Å². The number of nitrogens with two attached hydrogens (primary N) is 1. The molecular weight excluding hydrogens is 241 g/mol. The first-order valence-corrected chi connectivity index (χ1v) is 6.31. The highest BCUT2D eigenvalue weighted by molar-refractivity contribution is 7.93. The Bertz CT molecular complexity index is 477. The van der Waals surface area contributed by atoms with Gasteiger partial charge in [-0.15, -0.1) is 15.7 Å². The topological polar surface area (TPSA) is 84.5 Å². The van der Waals surface area contributed by atoms with Gasteiger partial charge in [-0.2, -0.15) is 0 Å². The zero-order valence-electron chi connectivity index (χ0n) is 7.90. The number of amides is 1. The Hall–Kier alpha value is -0.830. The zero-order valence-corrected chi connectivity index (χ0v) is 9.53. The van der Waals surface area contributed by atoms with Crippen LogP contribution in [0.5, 0.6) is 0 Å². The predicted octanol–water partition coefficient (Wildman–Crippen LogP) is 0.464. The maximum absolute atomic E-state index is 13.3. The lowest BCUT2D eigenvalue weighted by Gasteiger charge is -1.97. The van der Waals surface area contributed by atoms with E-state index < -0.39 is 15.7 Å². The van der Waals surface area contributed by atoms with E-state index in [1.54, 1.807) is 7.05 Å². The second-order valence-corrected chi connectivity index (χ2v) is 5.81. The first-order chi connectivity index (χ1) is 7.01. The van der Waals surface area contributed by atoms with Crippen molar-refractivity contribution < 1.29 is 13.4 Å². The van der Waals surface area contributed by atoms with Gasteiger partial charge in [-0.1, -0.05) is 0 Å². The second-order valence-electron chi connectivity index (χ2n) is 2.66. The van der Waals surface area contributed by atoms with Crippen molar-refractivity contribution in [3.05, 3.63) is 16.8 Å². The summed E-state index contributed by atoms with van der Waals surface area (Å²) in [5.74, 6) is -0.691. The van der Waals surface area contributed by atoms with Crippen LogP contribution in [-0.2, 0) is 21.3 Å². The van der Waals surface area contributed by atoms with Crippen LogP contribution in [-0.4, -0.2) is 17.7 Å². The first kappa shape index (κ1) is 12.2. The lowest BCUT2D eigenvalue weighted by Crippen LogP contribution is -2.12. The van der Waals surface area contributed by atoms with Gasteiger partial charge in [0.25, 0.3) is 0 Å². The summed E-state index contributed by atoms with van der Waals surface area (Å²) >= 11 is 0.940. The molecule has 5 nitrogen and oxygen atoms in total. The summed E-state index contributed by atoms with van der Waals surface area (Å²) in [5, 5.41) is 8.06. The third kappa shape index (κ3) is 2.81. The molecule has 1 aromatic rings. The number of hydrogen-bond donors (Lipinski definition) is 2. The van der Waals surface area contributed by atoms with Gasteiger partial charge in [0.1, 0.15) is 0 Å². The van der Waals surface area contributed by atoms with E-state index in [9.17, 15) is 13.4 Å². The normalized spacial score (nSPS) is 14.6. The fourth-order valence-corrected chi connectivity index (χ4v) is 3.23. The standard InChI is InChI=1S/C7H10FN3O2S2/c1-10-3-5-2-6(8)7(14-5)15(9,13)11-4-12/h2,4,10H,3H2,1H3,(H2,9,11,12,13). The molecule has 1 amide bonds.